The van der Waals surface area contributed by atoms with Gasteiger partial charge in [0.05, 0.1) is 29.9 Å². The molecule has 2 N–H and O–H groups in total. The Kier molecular flexibility index (Phi) is 6.00. The van der Waals surface area contributed by atoms with E-state index in [4.69, 9.17) is 15.5 Å². The van der Waals surface area contributed by atoms with Crippen LogP contribution in [0.4, 0.5) is 20.5 Å². The lowest BCUT2D eigenvalue weighted by Gasteiger charge is -2.28. The van der Waals surface area contributed by atoms with Crippen LogP contribution in [0.15, 0.2) is 36.8 Å². The number of aromatic nitrogens is 5. The lowest BCUT2D eigenvalue weighted by molar-refractivity contribution is -0.116. The van der Waals surface area contributed by atoms with Crippen LogP contribution >= 0.6 is 0 Å². The van der Waals surface area contributed by atoms with Crippen LogP contribution in [0.2, 0.25) is 0 Å². The van der Waals surface area contributed by atoms with E-state index in [2.05, 4.69) is 19.9 Å². The molecule has 0 aliphatic carbocycles. The van der Waals surface area contributed by atoms with E-state index in [0.29, 0.717) is 54.5 Å². The van der Waals surface area contributed by atoms with E-state index in [-0.39, 0.29) is 34.8 Å². The minimum atomic E-state index is -0.795. The van der Waals surface area contributed by atoms with Crippen molar-refractivity contribution in [3.63, 3.8) is 0 Å². The summed E-state index contributed by atoms with van der Waals surface area (Å²) in [5, 5.41) is 0. The van der Waals surface area contributed by atoms with E-state index < -0.39 is 11.6 Å². The Balaban J connectivity index is 1.69. The largest absolute Gasteiger partial charge is 0.378 e. The van der Waals surface area contributed by atoms with E-state index in [1.807, 2.05) is 4.90 Å². The van der Waals surface area contributed by atoms with Crippen LogP contribution in [0.25, 0.3) is 33.5 Å². The first kappa shape index (κ1) is 22.7. The quantitative estimate of drug-likeness (QED) is 0.462. The monoisotopic (exact) mass is 477 g/mol. The smallest absolute Gasteiger partial charge is 0.219 e. The fourth-order valence-corrected chi connectivity index (χ4v) is 3.98. The molecule has 35 heavy (non-hydrogen) atoms. The van der Waals surface area contributed by atoms with Gasteiger partial charge in [0.1, 0.15) is 22.9 Å². The second-order valence-electron chi connectivity index (χ2n) is 8.17. The molecule has 1 aliphatic rings. The molecule has 1 fully saturated rings. The maximum Gasteiger partial charge on any atom is 0.219 e. The Morgan fingerprint density at radius 2 is 1.77 bits per heavy atom. The maximum absolute atomic E-state index is 15.2. The first-order valence-corrected chi connectivity index (χ1v) is 11.0. The number of halogens is 2. The van der Waals surface area contributed by atoms with Crippen LogP contribution in [-0.2, 0) is 16.0 Å². The standard InChI is InChI=1S/C24H21F2N7O2/c1-13(34)8-14-2-3-17(25)19(20(14)26)15-9-18-21(28-10-15)23(33-4-6-35-7-5-33)32-22(31-18)16-11-29-24(27)30-12-16/h2-3,9-12H,4-8H2,1H3,(H2,27,29,30). The van der Waals surface area contributed by atoms with Crippen molar-refractivity contribution in [2.45, 2.75) is 13.3 Å². The number of anilines is 2. The highest BCUT2D eigenvalue weighted by Crippen LogP contribution is 2.33. The number of nitrogens with two attached hydrogens (primary N) is 1. The minimum absolute atomic E-state index is 0.114. The number of carbonyl (C=O) groups excluding carboxylic acids is 1. The van der Waals surface area contributed by atoms with Gasteiger partial charge in [-0.25, -0.2) is 28.7 Å². The number of ether oxygens (including phenoxy) is 1. The van der Waals surface area contributed by atoms with Gasteiger partial charge in [-0.05, 0) is 24.6 Å². The summed E-state index contributed by atoms with van der Waals surface area (Å²) in [6.07, 6.45) is 4.27. The van der Waals surface area contributed by atoms with Gasteiger partial charge in [-0.15, -0.1) is 0 Å². The number of hydrogen-bond donors (Lipinski definition) is 1. The van der Waals surface area contributed by atoms with Gasteiger partial charge in [0.25, 0.3) is 0 Å². The Labute approximate surface area is 199 Å². The number of ketones is 1. The van der Waals surface area contributed by atoms with E-state index in [9.17, 15) is 9.18 Å². The van der Waals surface area contributed by atoms with E-state index >= 15 is 4.39 Å². The number of pyridine rings is 1. The summed E-state index contributed by atoms with van der Waals surface area (Å²) in [6, 6.07) is 3.99. The predicted octanol–water partition coefficient (Wildman–Crippen LogP) is 2.98. The first-order chi connectivity index (χ1) is 16.9. The molecular weight excluding hydrogens is 456 g/mol. The number of rotatable bonds is 5. The number of nitrogen functional groups attached to an aromatic ring is 1. The molecule has 1 aromatic carbocycles. The molecule has 11 heteroatoms. The van der Waals surface area contributed by atoms with Gasteiger partial charge in [0.2, 0.25) is 5.95 Å². The van der Waals surface area contributed by atoms with Gasteiger partial charge in [-0.1, -0.05) is 6.07 Å². The lowest BCUT2D eigenvalue weighted by atomic mass is 9.99. The molecule has 1 saturated heterocycles. The normalized spacial score (nSPS) is 13.9. The van der Waals surface area contributed by atoms with Gasteiger partial charge >= 0.3 is 0 Å². The summed E-state index contributed by atoms with van der Waals surface area (Å²) in [4.78, 5) is 35.4. The van der Waals surface area contributed by atoms with Gasteiger partial charge in [-0.3, -0.25) is 9.78 Å². The molecule has 1 aliphatic heterocycles. The zero-order valence-electron chi connectivity index (χ0n) is 18.8. The van der Waals surface area contributed by atoms with Gasteiger partial charge in [0.15, 0.2) is 11.6 Å². The first-order valence-electron chi connectivity index (χ1n) is 11.0. The molecule has 0 spiro atoms. The third-order valence-corrected chi connectivity index (χ3v) is 5.66. The van der Waals surface area contributed by atoms with Crippen molar-refractivity contribution >= 4 is 28.6 Å². The Morgan fingerprint density at radius 1 is 1.06 bits per heavy atom. The number of fused-ring (bicyclic) bond motifs is 1. The fraction of sp³-hybridized carbons (Fsp3) is 0.250. The Bertz CT molecular complexity index is 1420. The molecule has 0 bridgehead atoms. The molecule has 4 aromatic rings. The van der Waals surface area contributed by atoms with Gasteiger partial charge in [0, 0.05) is 43.7 Å². The molecular formula is C24H21F2N7O2. The lowest BCUT2D eigenvalue weighted by Crippen LogP contribution is -2.37. The highest BCUT2D eigenvalue weighted by Gasteiger charge is 2.22. The fourth-order valence-electron chi connectivity index (χ4n) is 3.98. The van der Waals surface area contributed by atoms with Crippen LogP contribution < -0.4 is 10.6 Å². The molecule has 0 saturated carbocycles. The summed E-state index contributed by atoms with van der Waals surface area (Å²) >= 11 is 0. The summed E-state index contributed by atoms with van der Waals surface area (Å²) < 4.78 is 35.5. The second kappa shape index (κ2) is 9.26. The van der Waals surface area contributed by atoms with Crippen LogP contribution in [-0.4, -0.2) is 57.0 Å². The Morgan fingerprint density at radius 3 is 2.49 bits per heavy atom. The van der Waals surface area contributed by atoms with Crippen LogP contribution in [0.5, 0.6) is 0 Å². The van der Waals surface area contributed by atoms with Crippen molar-refractivity contribution in [1.82, 2.24) is 24.9 Å². The zero-order chi connectivity index (χ0) is 24.5. The molecule has 3 aromatic heterocycles. The highest BCUT2D eigenvalue weighted by molar-refractivity contribution is 5.90. The third-order valence-electron chi connectivity index (χ3n) is 5.66. The van der Waals surface area contributed by atoms with Crippen LogP contribution in [0.1, 0.15) is 12.5 Å². The van der Waals surface area contributed by atoms with Crippen molar-refractivity contribution in [2.75, 3.05) is 36.9 Å². The number of hydrogen-bond acceptors (Lipinski definition) is 9. The zero-order valence-corrected chi connectivity index (χ0v) is 18.8. The van der Waals surface area contributed by atoms with Gasteiger partial charge < -0.3 is 15.4 Å². The number of Topliss-reactive ketones (excluding diaryl/α,β-unsaturated/α-hetero) is 1. The number of carbonyl (C=O) groups is 1. The van der Waals surface area contributed by atoms with Gasteiger partial charge in [-0.2, -0.15) is 0 Å². The summed E-state index contributed by atoms with van der Waals surface area (Å²) in [7, 11) is 0. The summed E-state index contributed by atoms with van der Waals surface area (Å²) in [5.74, 6) is -0.770. The topological polar surface area (TPSA) is 120 Å². The van der Waals surface area contributed by atoms with Crippen molar-refractivity contribution in [2.24, 2.45) is 0 Å². The van der Waals surface area contributed by atoms with E-state index in [1.54, 1.807) is 6.07 Å². The SMILES string of the molecule is CC(=O)Cc1ccc(F)c(-c2cnc3c(N4CCOCC4)nc(-c4cnc(N)nc4)nc3c2)c1F. The van der Waals surface area contributed by atoms with Crippen molar-refractivity contribution in [3.05, 3.63) is 54.0 Å². The minimum Gasteiger partial charge on any atom is -0.378 e. The molecule has 4 heterocycles. The molecule has 0 radical (unpaired) electrons. The third kappa shape index (κ3) is 4.50. The average molecular weight is 477 g/mol. The van der Waals surface area contributed by atoms with Crippen molar-refractivity contribution in [1.29, 1.82) is 0 Å². The van der Waals surface area contributed by atoms with Crippen LogP contribution in [0, 0.1) is 11.6 Å². The number of morpholine rings is 1. The van der Waals surface area contributed by atoms with Crippen molar-refractivity contribution in [3.8, 4) is 22.5 Å². The number of nitrogens with zero attached hydrogens (tertiary/aromatic N) is 6. The molecule has 9 nitrogen and oxygen atoms in total. The summed E-state index contributed by atoms with van der Waals surface area (Å²) in [6.45, 7) is 3.62. The molecule has 0 atom stereocenters. The maximum atomic E-state index is 15.2. The van der Waals surface area contributed by atoms with Crippen molar-refractivity contribution < 1.29 is 18.3 Å². The second-order valence-corrected chi connectivity index (χ2v) is 8.17. The molecule has 0 unspecified atom stereocenters. The van der Waals surface area contributed by atoms with Crippen LogP contribution in [0.3, 0.4) is 0 Å². The Hall–Kier alpha value is -4.12. The molecule has 178 valence electrons. The van der Waals surface area contributed by atoms with E-state index in [1.165, 1.54) is 31.6 Å². The average Bonchev–Trinajstić information content (AvgIpc) is 2.86. The number of benzene rings is 1. The molecule has 5 rings (SSSR count). The molecule has 0 amide bonds. The van der Waals surface area contributed by atoms with E-state index in [0.717, 1.165) is 6.07 Å². The summed E-state index contributed by atoms with van der Waals surface area (Å²) in [5.41, 5.74) is 7.06. The predicted molar refractivity (Wildman–Crippen MR) is 126 cm³/mol. The highest BCUT2D eigenvalue weighted by atomic mass is 19.1.